The summed E-state index contributed by atoms with van der Waals surface area (Å²) in [7, 11) is -3.55. The summed E-state index contributed by atoms with van der Waals surface area (Å²) in [5.41, 5.74) is 3.30. The Balaban J connectivity index is 1.50. The second-order valence-electron chi connectivity index (χ2n) is 8.44. The molecule has 0 amide bonds. The highest BCUT2D eigenvalue weighted by Crippen LogP contribution is 2.33. The minimum atomic E-state index is -3.55. The number of nitro benzene ring substituents is 1. The van der Waals surface area contributed by atoms with Gasteiger partial charge in [-0.25, -0.2) is 8.42 Å². The van der Waals surface area contributed by atoms with E-state index in [2.05, 4.69) is 10.2 Å². The summed E-state index contributed by atoms with van der Waals surface area (Å²) in [6, 6.07) is 21.5. The van der Waals surface area contributed by atoms with Crippen molar-refractivity contribution < 1.29 is 13.3 Å². The Labute approximate surface area is 200 Å². The lowest BCUT2D eigenvalue weighted by molar-refractivity contribution is -0.384. The maximum atomic E-state index is 13.0. The molecule has 1 saturated heterocycles. The van der Waals surface area contributed by atoms with E-state index in [0.717, 1.165) is 16.8 Å². The Morgan fingerprint density at radius 2 is 1.59 bits per heavy atom. The van der Waals surface area contributed by atoms with Crippen molar-refractivity contribution >= 4 is 27.1 Å². The van der Waals surface area contributed by atoms with E-state index in [1.54, 1.807) is 36.4 Å². The summed E-state index contributed by atoms with van der Waals surface area (Å²) >= 11 is 0. The molecule has 1 aliphatic rings. The average Bonchev–Trinajstić information content (AvgIpc) is 2.84. The predicted octanol–water partition coefficient (Wildman–Crippen LogP) is 4.59. The maximum absolute atomic E-state index is 13.0. The van der Waals surface area contributed by atoms with Gasteiger partial charge < -0.3 is 10.2 Å². The third-order valence-corrected chi connectivity index (χ3v) is 8.02. The number of benzene rings is 3. The fourth-order valence-corrected chi connectivity index (χ4v) is 5.52. The summed E-state index contributed by atoms with van der Waals surface area (Å²) in [4.78, 5) is 13.6. The van der Waals surface area contributed by atoms with Crippen LogP contribution < -0.4 is 10.2 Å². The first kappa shape index (κ1) is 23.7. The van der Waals surface area contributed by atoms with Gasteiger partial charge in [-0.3, -0.25) is 10.1 Å². The molecule has 178 valence electrons. The molecule has 1 fully saturated rings. The van der Waals surface area contributed by atoms with Crippen molar-refractivity contribution in [1.29, 1.82) is 0 Å². The number of hydrogen-bond donors (Lipinski definition) is 1. The van der Waals surface area contributed by atoms with Crippen LogP contribution in [0.4, 0.5) is 17.1 Å². The second kappa shape index (κ2) is 9.82. The summed E-state index contributed by atoms with van der Waals surface area (Å²) in [5.74, 6) is 0. The molecule has 0 aliphatic carbocycles. The molecular weight excluding hydrogens is 452 g/mol. The van der Waals surface area contributed by atoms with Gasteiger partial charge in [-0.05, 0) is 43.7 Å². The largest absolute Gasteiger partial charge is 0.373 e. The van der Waals surface area contributed by atoms with Gasteiger partial charge in [-0.2, -0.15) is 4.31 Å². The zero-order valence-electron chi connectivity index (χ0n) is 19.2. The number of nitrogens with zero attached hydrogens (tertiary/aromatic N) is 3. The quantitative estimate of drug-likeness (QED) is 0.393. The van der Waals surface area contributed by atoms with Crippen LogP contribution in [0.5, 0.6) is 0 Å². The normalized spacial score (nSPS) is 15.6. The van der Waals surface area contributed by atoms with E-state index < -0.39 is 14.9 Å². The molecule has 1 aliphatic heterocycles. The number of hydrogen-bond acceptors (Lipinski definition) is 6. The molecule has 0 aromatic heterocycles. The first-order valence-electron chi connectivity index (χ1n) is 11.2. The van der Waals surface area contributed by atoms with E-state index in [0.29, 0.717) is 36.8 Å². The van der Waals surface area contributed by atoms with Gasteiger partial charge in [0.25, 0.3) is 5.69 Å². The predicted molar refractivity (Wildman–Crippen MR) is 134 cm³/mol. The van der Waals surface area contributed by atoms with Crippen LogP contribution in [0.15, 0.2) is 77.7 Å². The molecule has 9 heteroatoms. The van der Waals surface area contributed by atoms with Gasteiger partial charge in [-0.1, -0.05) is 48.0 Å². The monoisotopic (exact) mass is 480 g/mol. The summed E-state index contributed by atoms with van der Waals surface area (Å²) in [6.07, 6.45) is 0. The minimum absolute atomic E-state index is 0.00659. The molecule has 3 aromatic rings. The molecular formula is C25H28N4O4S. The molecule has 1 atom stereocenters. The van der Waals surface area contributed by atoms with Crippen LogP contribution in [0, 0.1) is 17.0 Å². The Bertz CT molecular complexity index is 1260. The Morgan fingerprint density at radius 3 is 2.21 bits per heavy atom. The van der Waals surface area contributed by atoms with Crippen molar-refractivity contribution in [2.45, 2.75) is 24.8 Å². The molecule has 0 radical (unpaired) electrons. The number of piperazine rings is 1. The fraction of sp³-hybridized carbons (Fsp3) is 0.280. The van der Waals surface area contributed by atoms with Gasteiger partial charge in [0, 0.05) is 44.0 Å². The lowest BCUT2D eigenvalue weighted by atomic mass is 10.1. The molecule has 1 heterocycles. The van der Waals surface area contributed by atoms with E-state index in [4.69, 9.17) is 0 Å². The third kappa shape index (κ3) is 5.05. The molecule has 34 heavy (non-hydrogen) atoms. The number of nitro groups is 1. The molecule has 4 rings (SSSR count). The Hall–Kier alpha value is -3.43. The number of anilines is 2. The molecule has 0 bridgehead atoms. The van der Waals surface area contributed by atoms with E-state index in [-0.39, 0.29) is 11.7 Å². The van der Waals surface area contributed by atoms with Crippen LogP contribution in [0.25, 0.3) is 0 Å². The van der Waals surface area contributed by atoms with Crippen molar-refractivity contribution in [3.63, 3.8) is 0 Å². The average molecular weight is 481 g/mol. The third-order valence-electron chi connectivity index (χ3n) is 6.11. The minimum Gasteiger partial charge on any atom is -0.373 e. The van der Waals surface area contributed by atoms with Gasteiger partial charge in [-0.15, -0.1) is 0 Å². The molecule has 0 saturated carbocycles. The van der Waals surface area contributed by atoms with Crippen LogP contribution in [-0.2, 0) is 10.0 Å². The van der Waals surface area contributed by atoms with Crippen LogP contribution in [-0.4, -0.2) is 43.8 Å². The lowest BCUT2D eigenvalue weighted by Crippen LogP contribution is -2.48. The first-order chi connectivity index (χ1) is 16.3. The van der Waals surface area contributed by atoms with Crippen molar-refractivity contribution in [2.24, 2.45) is 0 Å². The highest BCUT2D eigenvalue weighted by Gasteiger charge is 2.29. The SMILES string of the molecule is Cc1ccc(S(=O)(=O)N2CCN(c3ccc([N+](=O)[O-])c(N[C@H](C)c4ccccc4)c3)CC2)cc1. The van der Waals surface area contributed by atoms with Crippen molar-refractivity contribution in [3.8, 4) is 0 Å². The summed E-state index contributed by atoms with van der Waals surface area (Å²) in [6.45, 7) is 5.56. The topological polar surface area (TPSA) is 95.8 Å². The van der Waals surface area contributed by atoms with Crippen LogP contribution in [0.3, 0.4) is 0 Å². The van der Waals surface area contributed by atoms with Crippen molar-refractivity contribution in [2.75, 3.05) is 36.4 Å². The standard InChI is InChI=1S/C25H28N4O4S/c1-19-8-11-23(12-9-19)34(32,33)28-16-14-27(15-17-28)22-10-13-25(29(30)31)24(18-22)26-20(2)21-6-4-3-5-7-21/h3-13,18,20,26H,14-17H2,1-2H3/t20-/m1/s1. The summed E-state index contributed by atoms with van der Waals surface area (Å²) in [5, 5.41) is 14.9. The smallest absolute Gasteiger partial charge is 0.292 e. The van der Waals surface area contributed by atoms with Crippen LogP contribution in [0.2, 0.25) is 0 Å². The molecule has 0 unspecified atom stereocenters. The van der Waals surface area contributed by atoms with Gasteiger partial charge >= 0.3 is 0 Å². The highest BCUT2D eigenvalue weighted by molar-refractivity contribution is 7.89. The molecule has 1 N–H and O–H groups in total. The number of nitrogens with one attached hydrogen (secondary N) is 1. The first-order valence-corrected chi connectivity index (χ1v) is 12.6. The van der Waals surface area contributed by atoms with Crippen molar-refractivity contribution in [1.82, 2.24) is 4.31 Å². The van der Waals surface area contributed by atoms with E-state index in [1.165, 1.54) is 10.4 Å². The number of aryl methyl sites for hydroxylation is 1. The molecule has 0 spiro atoms. The Kier molecular flexibility index (Phi) is 6.85. The van der Waals surface area contributed by atoms with E-state index in [9.17, 15) is 18.5 Å². The maximum Gasteiger partial charge on any atom is 0.292 e. The van der Waals surface area contributed by atoms with Gasteiger partial charge in [0.15, 0.2) is 0 Å². The van der Waals surface area contributed by atoms with Crippen LogP contribution >= 0.6 is 0 Å². The fourth-order valence-electron chi connectivity index (χ4n) is 4.10. The highest BCUT2D eigenvalue weighted by atomic mass is 32.2. The second-order valence-corrected chi connectivity index (χ2v) is 10.4. The van der Waals surface area contributed by atoms with Crippen LogP contribution in [0.1, 0.15) is 24.1 Å². The molecule has 3 aromatic carbocycles. The molecule has 8 nitrogen and oxygen atoms in total. The zero-order chi connectivity index (χ0) is 24.3. The Morgan fingerprint density at radius 1 is 0.941 bits per heavy atom. The van der Waals surface area contributed by atoms with Crippen molar-refractivity contribution in [3.05, 3.63) is 94.0 Å². The van der Waals surface area contributed by atoms with Gasteiger partial charge in [0.05, 0.1) is 9.82 Å². The lowest BCUT2D eigenvalue weighted by Gasteiger charge is -2.35. The van der Waals surface area contributed by atoms with E-state index in [1.807, 2.05) is 44.2 Å². The van der Waals surface area contributed by atoms with E-state index >= 15 is 0 Å². The zero-order valence-corrected chi connectivity index (χ0v) is 20.0. The number of sulfonamides is 1. The van der Waals surface area contributed by atoms with Gasteiger partial charge in [0.2, 0.25) is 10.0 Å². The number of rotatable bonds is 7. The summed E-state index contributed by atoms with van der Waals surface area (Å²) < 4.78 is 27.5. The van der Waals surface area contributed by atoms with Gasteiger partial charge in [0.1, 0.15) is 5.69 Å².